The van der Waals surface area contributed by atoms with Gasteiger partial charge in [-0.1, -0.05) is 208 Å². The highest BCUT2D eigenvalue weighted by Crippen LogP contribution is 2.32. The first-order valence-corrected chi connectivity index (χ1v) is 51.8. The summed E-state index contributed by atoms with van der Waals surface area (Å²) in [7, 11) is 0. The Labute approximate surface area is 791 Å². The zero-order chi connectivity index (χ0) is 97.7. The van der Waals surface area contributed by atoms with Gasteiger partial charge < -0.3 is 47.3 Å². The predicted octanol–water partition coefficient (Wildman–Crippen LogP) is 20.6. The van der Waals surface area contributed by atoms with Gasteiger partial charge in [-0.2, -0.15) is 0 Å². The van der Waals surface area contributed by atoms with E-state index in [4.69, 9.17) is 4.74 Å². The molecule has 0 aromatic heterocycles. The molecule has 0 amide bonds. The van der Waals surface area contributed by atoms with Crippen LogP contribution in [0.2, 0.25) is 0 Å². The molecule has 746 valence electrons. The van der Waals surface area contributed by atoms with Crippen molar-refractivity contribution in [1.82, 2.24) is 51.9 Å². The van der Waals surface area contributed by atoms with E-state index in [-0.39, 0.29) is 58.9 Å². The molecule has 4 saturated carbocycles. The van der Waals surface area contributed by atoms with Crippen molar-refractivity contribution < 1.29 is 43.1 Å². The van der Waals surface area contributed by atoms with Crippen LogP contribution in [-0.2, 0) is 28.8 Å². The van der Waals surface area contributed by atoms with Crippen molar-refractivity contribution in [3.8, 4) is 5.75 Å². The van der Waals surface area contributed by atoms with Crippen LogP contribution in [0.25, 0.3) is 0 Å². The van der Waals surface area contributed by atoms with Crippen molar-refractivity contribution in [1.29, 1.82) is 0 Å². The Morgan fingerprint density at radius 2 is 0.581 bits per heavy atom. The highest BCUT2D eigenvalue weighted by molar-refractivity contribution is 5.98. The Balaban J connectivity index is 0.000000738. The van der Waals surface area contributed by atoms with E-state index >= 15 is 0 Å². The molecule has 0 unspecified atom stereocenters. The predicted molar refractivity (Wildman–Crippen MR) is 547 cm³/mol. The van der Waals surface area contributed by atoms with E-state index in [1.165, 1.54) is 89.9 Å². The molecule has 8 N–H and O–H groups in total. The molecule has 20 heteroatoms. The number of nitrogens with zero attached hydrogens (tertiary/aromatic N) is 3. The van der Waals surface area contributed by atoms with E-state index in [0.717, 1.165) is 120 Å². The van der Waals surface area contributed by atoms with Crippen molar-refractivity contribution in [2.24, 2.45) is 71.0 Å². The minimum Gasteiger partial charge on any atom is -0.492 e. The number of hydrogen-bond donors (Lipinski definition) is 8. The quantitative estimate of drug-likeness (QED) is 0.0228. The lowest BCUT2D eigenvalue weighted by Gasteiger charge is -2.34. The summed E-state index contributed by atoms with van der Waals surface area (Å²) >= 11 is 0. The third-order valence-corrected chi connectivity index (χ3v) is 25.0. The van der Waals surface area contributed by atoms with Crippen molar-refractivity contribution in [2.45, 2.75) is 429 Å². The normalized spacial score (nSPS) is 20.7. The Hall–Kier alpha value is -5.00. The zero-order valence-corrected chi connectivity index (χ0v) is 88.7. The fourth-order valence-electron chi connectivity index (χ4n) is 17.2. The van der Waals surface area contributed by atoms with Crippen LogP contribution < -0.4 is 47.3 Å². The highest BCUT2D eigenvalue weighted by Gasteiger charge is 2.32. The number of ether oxygens (including phenoxy) is 1. The van der Waals surface area contributed by atoms with E-state index in [0.29, 0.717) is 157 Å². The van der Waals surface area contributed by atoms with Gasteiger partial charge in [0, 0.05) is 226 Å². The van der Waals surface area contributed by atoms with Gasteiger partial charge in [0.05, 0.1) is 13.1 Å². The second kappa shape index (κ2) is 68.1. The smallest absolute Gasteiger partial charge is 0.165 e. The number of Topliss-reactive ketones (excluding diaryl/α,β-unsaturated/α-hetero) is 8. The summed E-state index contributed by atoms with van der Waals surface area (Å²) in [6.45, 7) is 77.6. The standard InChI is InChI=1S/C15H23NO2.C14H29N3O.2C14H27NO.C13H26N2O.2C13H25NO.C13H19NO/c1-11(2)15(17)13-5-7-14(8-6-13)18-10-9-16-12(3)4;1-12(2)14(18)11-17-9-7-16(8-10-17)6-5-15-13(3)4;2*1-10(2)14(16)9-12-5-7-13(8-6-12)15-11(3)4;1-10(2)13(16)9-15-7-5-12(6-8-15)14-11(3)4;3*1-9(2)13(15)11-5-7-12(8-6-11)14-10(3)4/h5-8,11-12,16H,9-10H2,1-4H3;12-13,15H,5-11H2,1-4H3;2*10-13,15H,5-9H2,1-4H3;10-12,14H,5-9H2,1-4H3;2*9-12,14H,5-8H2,1-4H3;5-10,14H,1-4H3. The van der Waals surface area contributed by atoms with Gasteiger partial charge >= 0.3 is 0 Å². The number of anilines is 1. The van der Waals surface area contributed by atoms with Crippen LogP contribution in [0, 0.1) is 71.0 Å². The van der Waals surface area contributed by atoms with Crippen molar-refractivity contribution >= 4 is 52.0 Å². The van der Waals surface area contributed by atoms with Crippen LogP contribution in [0.5, 0.6) is 5.75 Å². The summed E-state index contributed by atoms with van der Waals surface area (Å²) in [5.41, 5.74) is 2.60. The number of piperazine rings is 1. The number of benzene rings is 2. The summed E-state index contributed by atoms with van der Waals surface area (Å²) < 4.78 is 5.58. The van der Waals surface area contributed by atoms with Gasteiger partial charge in [-0.25, -0.2) is 0 Å². The van der Waals surface area contributed by atoms with E-state index in [2.05, 4.69) is 168 Å². The van der Waals surface area contributed by atoms with Gasteiger partial charge in [0.1, 0.15) is 47.1 Å². The molecular weight excluding hydrogens is 1610 g/mol. The second-order valence-electron chi connectivity index (χ2n) is 43.3. The molecule has 2 saturated heterocycles. The van der Waals surface area contributed by atoms with Gasteiger partial charge in [0.15, 0.2) is 11.6 Å². The van der Waals surface area contributed by atoms with Crippen LogP contribution in [-0.4, -0.2) is 218 Å². The first kappa shape index (κ1) is 122. The van der Waals surface area contributed by atoms with Crippen molar-refractivity contribution in [3.05, 3.63) is 59.7 Å². The van der Waals surface area contributed by atoms with Gasteiger partial charge in [-0.05, 0) is 190 Å². The molecule has 6 aliphatic rings. The SMILES string of the molecule is CC(C)NC1CCC(C(=O)C(C)C)CC1.CC(C)NC1CCC(C(=O)C(C)C)CC1.CC(C)NC1CCC(CC(=O)C(C)C)CC1.CC(C)NC1CCC(CC(=O)C(C)C)CC1.CC(C)NC1CCN(CC(=O)C(C)C)CC1.CC(C)NCCN1CCN(CC(=O)C(C)C)CC1.CC(C)NCCOc1ccc(C(=O)C(C)C)cc1.CC(C)Nc1ccc(C(=O)C(C)C)cc1. The third kappa shape index (κ3) is 58.1. The van der Waals surface area contributed by atoms with Crippen LogP contribution in [0.1, 0.15) is 371 Å². The number of carbonyl (C=O) groups excluding carboxylic acids is 8. The molecule has 2 aliphatic heterocycles. The minimum absolute atomic E-state index is 0.0343. The Morgan fingerprint density at radius 1 is 0.295 bits per heavy atom. The first-order valence-electron chi connectivity index (χ1n) is 51.8. The summed E-state index contributed by atoms with van der Waals surface area (Å²) in [4.78, 5) is 101. The Bertz CT molecular complexity index is 3120. The molecule has 4 aliphatic carbocycles. The topological polar surface area (TPSA) is 252 Å². The molecule has 2 aromatic carbocycles. The number of ketones is 8. The first-order chi connectivity index (χ1) is 60.5. The van der Waals surface area contributed by atoms with E-state index in [1.807, 2.05) is 159 Å². The Morgan fingerprint density at radius 3 is 0.868 bits per heavy atom. The lowest BCUT2D eigenvalue weighted by molar-refractivity contribution is -0.127. The van der Waals surface area contributed by atoms with Gasteiger partial charge in [0.2, 0.25) is 0 Å². The summed E-state index contributed by atoms with van der Waals surface area (Å²) in [5, 5.41) is 27.9. The van der Waals surface area contributed by atoms with Crippen LogP contribution in [0.15, 0.2) is 48.5 Å². The molecule has 6 fully saturated rings. The molecule has 0 spiro atoms. The second-order valence-corrected chi connectivity index (χ2v) is 43.3. The number of likely N-dealkylation sites (tertiary alicyclic amines) is 1. The minimum atomic E-state index is 0.0343. The molecule has 20 nitrogen and oxygen atoms in total. The maximum Gasteiger partial charge on any atom is 0.165 e. The molecule has 2 heterocycles. The molecule has 8 rings (SSSR count). The van der Waals surface area contributed by atoms with Crippen molar-refractivity contribution in [3.63, 3.8) is 0 Å². The Kier molecular flexibility index (Phi) is 64.4. The molecule has 129 heavy (non-hydrogen) atoms. The van der Waals surface area contributed by atoms with Crippen LogP contribution in [0.4, 0.5) is 5.69 Å². The van der Waals surface area contributed by atoms with Gasteiger partial charge in [-0.15, -0.1) is 0 Å². The molecule has 0 radical (unpaired) electrons. The maximum absolute atomic E-state index is 11.8. The van der Waals surface area contributed by atoms with E-state index in [1.54, 1.807) is 0 Å². The molecule has 0 bridgehead atoms. The van der Waals surface area contributed by atoms with E-state index in [9.17, 15) is 38.4 Å². The molecule has 0 atom stereocenters. The highest BCUT2D eigenvalue weighted by atomic mass is 16.5. The largest absolute Gasteiger partial charge is 0.492 e. The average molecular weight is 1810 g/mol. The fraction of sp³-hybridized carbons (Fsp3) is 0.817. The van der Waals surface area contributed by atoms with Crippen molar-refractivity contribution in [2.75, 3.05) is 83.9 Å². The lowest BCUT2D eigenvalue weighted by Crippen LogP contribution is -2.49. The van der Waals surface area contributed by atoms with Crippen LogP contribution >= 0.6 is 0 Å². The summed E-state index contributed by atoms with van der Waals surface area (Å²) in [6, 6.07) is 22.6. The van der Waals surface area contributed by atoms with Crippen LogP contribution in [0.3, 0.4) is 0 Å². The maximum atomic E-state index is 11.8. The summed E-state index contributed by atoms with van der Waals surface area (Å²) in [6.07, 6.45) is 22.9. The molecular formula is C109H201N11O9. The number of piperidine rings is 1. The number of rotatable bonds is 41. The number of carbonyl (C=O) groups is 8. The lowest BCUT2D eigenvalue weighted by atomic mass is 9.80. The van der Waals surface area contributed by atoms with Gasteiger partial charge in [0.25, 0.3) is 0 Å². The molecule has 2 aromatic rings. The van der Waals surface area contributed by atoms with Gasteiger partial charge in [-0.3, -0.25) is 53.1 Å². The third-order valence-electron chi connectivity index (χ3n) is 25.0. The fourth-order valence-corrected chi connectivity index (χ4v) is 17.2. The zero-order valence-electron chi connectivity index (χ0n) is 88.7. The number of hydrogen-bond acceptors (Lipinski definition) is 20. The van der Waals surface area contributed by atoms with E-state index < -0.39 is 0 Å². The summed E-state index contributed by atoms with van der Waals surface area (Å²) in [5.74, 6) is 7.02. The average Bonchev–Trinajstić information content (AvgIpc) is 0.926. The number of nitrogens with one attached hydrogen (secondary N) is 8. The monoisotopic (exact) mass is 1810 g/mol.